The molecule has 17 heavy (non-hydrogen) atoms. The van der Waals surface area contributed by atoms with Crippen LogP contribution >= 0.6 is 0 Å². The lowest BCUT2D eigenvalue weighted by Gasteiger charge is -2.17. The Morgan fingerprint density at radius 3 is 2.59 bits per heavy atom. The summed E-state index contributed by atoms with van der Waals surface area (Å²) in [6, 6.07) is 6.67. The van der Waals surface area contributed by atoms with Gasteiger partial charge in [0.1, 0.15) is 5.75 Å². The van der Waals surface area contributed by atoms with Gasteiger partial charge in [0.05, 0.1) is 6.61 Å². The fourth-order valence-corrected chi connectivity index (χ4v) is 2.26. The predicted molar refractivity (Wildman–Crippen MR) is 73.5 cm³/mol. The van der Waals surface area contributed by atoms with Crippen molar-refractivity contribution >= 4 is 0 Å². The number of benzene rings is 1. The van der Waals surface area contributed by atoms with E-state index in [4.69, 9.17) is 10.5 Å². The van der Waals surface area contributed by atoms with Crippen LogP contribution in [0.5, 0.6) is 5.75 Å². The van der Waals surface area contributed by atoms with E-state index >= 15 is 0 Å². The average Bonchev–Trinajstić information content (AvgIpc) is 2.21. The summed E-state index contributed by atoms with van der Waals surface area (Å²) in [6.45, 7) is 9.18. The number of nitrogens with two attached hydrogens (primary N) is 1. The summed E-state index contributed by atoms with van der Waals surface area (Å²) >= 11 is 0. The molecule has 1 rings (SSSR count). The summed E-state index contributed by atoms with van der Waals surface area (Å²) in [5.74, 6) is 1.62. The zero-order valence-electron chi connectivity index (χ0n) is 11.5. The van der Waals surface area contributed by atoms with Crippen molar-refractivity contribution in [2.24, 2.45) is 11.7 Å². The summed E-state index contributed by atoms with van der Waals surface area (Å²) in [6.07, 6.45) is 2.10. The largest absolute Gasteiger partial charge is 0.494 e. The van der Waals surface area contributed by atoms with Gasteiger partial charge < -0.3 is 10.5 Å². The molecule has 0 aliphatic heterocycles. The first-order valence-corrected chi connectivity index (χ1v) is 6.50. The molecule has 0 aromatic heterocycles. The standard InChI is InChI=1S/C15H25NO/c1-5-17-15-7-6-11(2)9-14(15)10-12(3)8-13(4)16/h6-7,9,12-13H,5,8,10,16H2,1-4H3. The molecule has 2 N–H and O–H groups in total. The molecule has 0 aliphatic carbocycles. The second-order valence-electron chi connectivity index (χ2n) is 5.07. The Morgan fingerprint density at radius 1 is 1.29 bits per heavy atom. The monoisotopic (exact) mass is 235 g/mol. The van der Waals surface area contributed by atoms with Crippen molar-refractivity contribution in [3.8, 4) is 5.75 Å². The van der Waals surface area contributed by atoms with Gasteiger partial charge in [-0.2, -0.15) is 0 Å². The van der Waals surface area contributed by atoms with E-state index in [-0.39, 0.29) is 6.04 Å². The Labute approximate surface area is 105 Å². The maximum atomic E-state index is 5.84. The van der Waals surface area contributed by atoms with Gasteiger partial charge in [-0.3, -0.25) is 0 Å². The molecule has 0 spiro atoms. The third-order valence-corrected chi connectivity index (χ3v) is 2.86. The maximum Gasteiger partial charge on any atom is 0.122 e. The van der Waals surface area contributed by atoms with E-state index in [1.54, 1.807) is 0 Å². The molecule has 0 aliphatic rings. The van der Waals surface area contributed by atoms with Crippen molar-refractivity contribution in [3.05, 3.63) is 29.3 Å². The molecule has 0 bridgehead atoms. The average molecular weight is 235 g/mol. The van der Waals surface area contributed by atoms with Gasteiger partial charge in [0, 0.05) is 6.04 Å². The molecule has 0 amide bonds. The van der Waals surface area contributed by atoms with Crippen molar-refractivity contribution in [1.29, 1.82) is 0 Å². The molecule has 0 radical (unpaired) electrons. The van der Waals surface area contributed by atoms with E-state index in [1.165, 1.54) is 11.1 Å². The first kappa shape index (κ1) is 14.0. The van der Waals surface area contributed by atoms with E-state index in [0.717, 1.165) is 25.2 Å². The Hall–Kier alpha value is -1.02. The molecule has 2 heteroatoms. The van der Waals surface area contributed by atoms with Gasteiger partial charge in [-0.15, -0.1) is 0 Å². The second kappa shape index (κ2) is 6.65. The minimum absolute atomic E-state index is 0.269. The fraction of sp³-hybridized carbons (Fsp3) is 0.600. The van der Waals surface area contributed by atoms with Gasteiger partial charge in [0.15, 0.2) is 0 Å². The van der Waals surface area contributed by atoms with Gasteiger partial charge in [0.2, 0.25) is 0 Å². The van der Waals surface area contributed by atoms with E-state index in [2.05, 4.69) is 39.0 Å². The summed E-state index contributed by atoms with van der Waals surface area (Å²) in [7, 11) is 0. The lowest BCUT2D eigenvalue weighted by atomic mass is 9.94. The Morgan fingerprint density at radius 2 is 2.00 bits per heavy atom. The first-order chi connectivity index (χ1) is 8.02. The van der Waals surface area contributed by atoms with Crippen LogP contribution in [0.4, 0.5) is 0 Å². The zero-order valence-corrected chi connectivity index (χ0v) is 11.5. The fourth-order valence-electron chi connectivity index (χ4n) is 2.26. The number of aryl methyl sites for hydroxylation is 1. The minimum Gasteiger partial charge on any atom is -0.494 e. The predicted octanol–water partition coefficient (Wildman–Crippen LogP) is 3.31. The zero-order chi connectivity index (χ0) is 12.8. The van der Waals surface area contributed by atoms with Gasteiger partial charge in [-0.05, 0) is 51.2 Å². The van der Waals surface area contributed by atoms with Crippen molar-refractivity contribution in [3.63, 3.8) is 0 Å². The quantitative estimate of drug-likeness (QED) is 0.821. The van der Waals surface area contributed by atoms with Crippen LogP contribution in [0.25, 0.3) is 0 Å². The molecule has 0 heterocycles. The maximum absolute atomic E-state index is 5.84. The van der Waals surface area contributed by atoms with Gasteiger partial charge in [0.25, 0.3) is 0 Å². The van der Waals surface area contributed by atoms with Crippen LogP contribution in [0, 0.1) is 12.8 Å². The summed E-state index contributed by atoms with van der Waals surface area (Å²) in [5.41, 5.74) is 8.44. The molecule has 2 nitrogen and oxygen atoms in total. The highest BCUT2D eigenvalue weighted by Gasteiger charge is 2.10. The SMILES string of the molecule is CCOc1ccc(C)cc1CC(C)CC(C)N. The topological polar surface area (TPSA) is 35.2 Å². The Balaban J connectivity index is 2.76. The van der Waals surface area contributed by atoms with Crippen molar-refractivity contribution in [2.45, 2.75) is 46.6 Å². The second-order valence-corrected chi connectivity index (χ2v) is 5.07. The molecular weight excluding hydrogens is 210 g/mol. The van der Waals surface area contributed by atoms with E-state index in [9.17, 15) is 0 Å². The highest BCUT2D eigenvalue weighted by Crippen LogP contribution is 2.24. The van der Waals surface area contributed by atoms with Gasteiger partial charge in [-0.1, -0.05) is 24.6 Å². The normalized spacial score (nSPS) is 14.4. The van der Waals surface area contributed by atoms with Gasteiger partial charge >= 0.3 is 0 Å². The van der Waals surface area contributed by atoms with Crippen LogP contribution in [-0.2, 0) is 6.42 Å². The highest BCUT2D eigenvalue weighted by atomic mass is 16.5. The Bertz CT molecular complexity index is 347. The van der Waals surface area contributed by atoms with E-state index < -0.39 is 0 Å². The third-order valence-electron chi connectivity index (χ3n) is 2.86. The molecule has 1 aromatic carbocycles. The summed E-state index contributed by atoms with van der Waals surface area (Å²) in [4.78, 5) is 0. The lowest BCUT2D eigenvalue weighted by Crippen LogP contribution is -2.19. The third kappa shape index (κ3) is 4.78. The van der Waals surface area contributed by atoms with Crippen LogP contribution in [-0.4, -0.2) is 12.6 Å². The van der Waals surface area contributed by atoms with Crippen LogP contribution < -0.4 is 10.5 Å². The highest BCUT2D eigenvalue weighted by molar-refractivity contribution is 5.37. The molecule has 2 unspecified atom stereocenters. The molecule has 2 atom stereocenters. The molecule has 96 valence electrons. The number of rotatable bonds is 6. The smallest absolute Gasteiger partial charge is 0.122 e. The van der Waals surface area contributed by atoms with E-state index in [0.29, 0.717) is 5.92 Å². The minimum atomic E-state index is 0.269. The van der Waals surface area contributed by atoms with Crippen LogP contribution in [0.3, 0.4) is 0 Å². The first-order valence-electron chi connectivity index (χ1n) is 6.50. The lowest BCUT2D eigenvalue weighted by molar-refractivity contribution is 0.333. The molecular formula is C15H25NO. The Kier molecular flexibility index (Phi) is 5.49. The molecule has 0 saturated carbocycles. The van der Waals surface area contributed by atoms with Crippen LogP contribution in [0.1, 0.15) is 38.3 Å². The number of hydrogen-bond acceptors (Lipinski definition) is 2. The van der Waals surface area contributed by atoms with Gasteiger partial charge in [-0.25, -0.2) is 0 Å². The van der Waals surface area contributed by atoms with Crippen molar-refractivity contribution in [1.82, 2.24) is 0 Å². The summed E-state index contributed by atoms with van der Waals surface area (Å²) < 4.78 is 5.67. The molecule has 0 fully saturated rings. The van der Waals surface area contributed by atoms with Crippen molar-refractivity contribution < 1.29 is 4.74 Å². The number of ether oxygens (including phenoxy) is 1. The molecule has 0 saturated heterocycles. The van der Waals surface area contributed by atoms with Crippen LogP contribution in [0.2, 0.25) is 0 Å². The van der Waals surface area contributed by atoms with Crippen LogP contribution in [0.15, 0.2) is 18.2 Å². The number of hydrogen-bond donors (Lipinski definition) is 1. The van der Waals surface area contributed by atoms with Crippen molar-refractivity contribution in [2.75, 3.05) is 6.61 Å². The molecule has 1 aromatic rings. The van der Waals surface area contributed by atoms with E-state index in [1.807, 2.05) is 6.92 Å². The summed E-state index contributed by atoms with van der Waals surface area (Å²) in [5, 5.41) is 0.